The minimum atomic E-state index is -0.127. The summed E-state index contributed by atoms with van der Waals surface area (Å²) in [4.78, 5) is 75.1. The molecule has 0 saturated heterocycles. The van der Waals surface area contributed by atoms with Gasteiger partial charge >= 0.3 is 0 Å². The molecule has 9 aromatic rings. The van der Waals surface area contributed by atoms with Crippen LogP contribution in [0.5, 0.6) is 0 Å². The van der Waals surface area contributed by atoms with E-state index in [9.17, 15) is 0 Å². The molecule has 0 saturated carbocycles. The minimum Gasteiger partial charge on any atom is -0.467 e. The Morgan fingerprint density at radius 1 is 0.341 bits per heavy atom. The second-order valence-corrected chi connectivity index (χ2v) is 33.4. The van der Waals surface area contributed by atoms with E-state index in [0.29, 0.717) is 69.7 Å². The van der Waals surface area contributed by atoms with Gasteiger partial charge in [0.15, 0.2) is 71.5 Å². The average molecular weight is 1930 g/mol. The first-order chi connectivity index (χ1) is 61.2. The summed E-state index contributed by atoms with van der Waals surface area (Å²) < 4.78 is 5.08. The molecule has 129 heavy (non-hydrogen) atoms. The molecule has 0 spiro atoms. The van der Waals surface area contributed by atoms with Crippen LogP contribution in [0.15, 0.2) is 233 Å². The molecule has 0 aliphatic carbocycles. The lowest BCUT2D eigenvalue weighted by molar-refractivity contribution is 0.444. The number of aliphatic imine (C=N–C) groups is 14. The van der Waals surface area contributed by atoms with E-state index in [-0.39, 0.29) is 83.4 Å². The Morgan fingerprint density at radius 2 is 0.729 bits per heavy atom. The van der Waals surface area contributed by atoms with Gasteiger partial charge in [-0.15, -0.1) is 90.7 Å². The van der Waals surface area contributed by atoms with Gasteiger partial charge < -0.3 is 137 Å². The summed E-state index contributed by atoms with van der Waals surface area (Å²) in [6.45, 7) is 5.44. The lowest BCUT2D eigenvalue weighted by Crippen LogP contribution is -2.45. The van der Waals surface area contributed by atoms with E-state index < -0.39 is 0 Å². The van der Waals surface area contributed by atoms with Crippen LogP contribution in [-0.4, -0.2) is 226 Å². The molecule has 0 unspecified atom stereocenters. The third-order valence-corrected chi connectivity index (χ3v) is 21.6. The summed E-state index contributed by atoms with van der Waals surface area (Å²) in [5.41, 5.74) is 96.4. The molecule has 0 radical (unpaired) electrons. The first-order valence-electron chi connectivity index (χ1n) is 37.4. The van der Waals surface area contributed by atoms with Gasteiger partial charge in [0.25, 0.3) is 0 Å². The molecule has 54 heteroatoms. The number of hydrogen-bond donors (Lipinski definition) is 24. The number of nitrogens with two attached hydrogens (primary N) is 18. The molecule has 9 rings (SSSR count). The Hall–Kier alpha value is -14.5. The highest BCUT2D eigenvalue weighted by Crippen LogP contribution is 2.17. The molecule has 0 atom stereocenters. The van der Waals surface area contributed by atoms with Crippen LogP contribution in [0.3, 0.4) is 0 Å². The molecule has 0 aliphatic heterocycles. The van der Waals surface area contributed by atoms with Crippen molar-refractivity contribution in [3.8, 4) is 0 Å². The van der Waals surface area contributed by atoms with E-state index in [2.05, 4.69) is 86.6 Å². The van der Waals surface area contributed by atoms with E-state index in [1.165, 1.54) is 34.2 Å². The van der Waals surface area contributed by atoms with Crippen molar-refractivity contribution in [2.45, 2.75) is 58.9 Å². The van der Waals surface area contributed by atoms with E-state index in [1.54, 1.807) is 181 Å². The monoisotopic (exact) mass is 1930 g/mol. The van der Waals surface area contributed by atoms with Crippen LogP contribution >= 0.6 is 90.7 Å². The average Bonchev–Trinajstić information content (AvgIpc) is 1.88. The summed E-state index contributed by atoms with van der Waals surface area (Å²) >= 11 is 13.2. The second-order valence-electron chi connectivity index (χ2n) is 25.1. The van der Waals surface area contributed by atoms with Gasteiger partial charge in [0.2, 0.25) is 35.8 Å². The smallest absolute Gasteiger partial charge is 0.223 e. The molecule has 42 N–H and O–H groups in total. The third-order valence-electron chi connectivity index (χ3n) is 14.6. The summed E-state index contributed by atoms with van der Waals surface area (Å²) in [5.74, 6) is 3.52. The molecule has 9 aromatic heterocycles. The van der Waals surface area contributed by atoms with Crippen molar-refractivity contribution in [3.63, 3.8) is 0 Å². The number of nitrogens with one attached hydrogen (secondary N) is 6. The molecule has 0 amide bonds. The van der Waals surface area contributed by atoms with Crippen molar-refractivity contribution in [2.75, 3.05) is 84.6 Å². The maximum atomic E-state index is 7.77. The van der Waals surface area contributed by atoms with Crippen molar-refractivity contribution >= 4 is 198 Å². The van der Waals surface area contributed by atoms with Crippen LogP contribution in [0.1, 0.15) is 44.8 Å². The highest BCUT2D eigenvalue weighted by atomic mass is 32.1. The van der Waals surface area contributed by atoms with E-state index in [4.69, 9.17) is 129 Å². The first-order valence-corrected chi connectivity index (χ1v) is 44.5. The maximum absolute atomic E-state index is 7.77. The van der Waals surface area contributed by atoms with Gasteiger partial charge in [-0.25, -0.2) is 20.0 Å². The Balaban J connectivity index is 0.000000726. The van der Waals surface area contributed by atoms with Crippen molar-refractivity contribution < 1.29 is 4.42 Å². The van der Waals surface area contributed by atoms with E-state index in [1.807, 2.05) is 171 Å². The van der Waals surface area contributed by atoms with Crippen LogP contribution in [0, 0.1) is 21.6 Å². The van der Waals surface area contributed by atoms with Gasteiger partial charge in [0.05, 0.1) is 58.6 Å². The minimum absolute atomic E-state index is 0.00396. The van der Waals surface area contributed by atoms with Crippen molar-refractivity contribution in [3.05, 3.63) is 203 Å². The first kappa shape index (κ1) is 113. The predicted octanol–water partition coefficient (Wildman–Crippen LogP) is 2.59. The zero-order valence-corrected chi connectivity index (χ0v) is 80.4. The number of hydrogen-bond acceptors (Lipinski definition) is 21. The van der Waals surface area contributed by atoms with Crippen LogP contribution in [0.2, 0.25) is 0 Å². The molecule has 702 valence electrons. The molecular formula is C75H123N45OS8. The van der Waals surface area contributed by atoms with Crippen LogP contribution in [0.4, 0.5) is 0 Å². The summed E-state index contributed by atoms with van der Waals surface area (Å²) in [6, 6.07) is 35.5. The lowest BCUT2D eigenvalue weighted by atomic mass is 10.4. The Kier molecular flexibility index (Phi) is 56.9. The lowest BCUT2D eigenvalue weighted by Gasteiger charge is -2.26. The topological polar surface area (TPSA) is 797 Å². The normalized spacial score (nSPS) is 11.4. The third kappa shape index (κ3) is 54.1. The zero-order valence-electron chi connectivity index (χ0n) is 73.9. The predicted molar refractivity (Wildman–Crippen MR) is 547 cm³/mol. The van der Waals surface area contributed by atoms with Crippen LogP contribution in [-0.2, 0) is 58.9 Å². The number of thiophene rings is 8. The number of furan rings is 1. The van der Waals surface area contributed by atoms with E-state index in [0.717, 1.165) is 33.5 Å². The molecule has 9 heterocycles. The van der Waals surface area contributed by atoms with E-state index >= 15 is 0 Å². The molecule has 0 bridgehead atoms. The Morgan fingerprint density at radius 3 is 1.11 bits per heavy atom. The van der Waals surface area contributed by atoms with Gasteiger partial charge in [-0.2, -0.15) is 30.0 Å². The quantitative estimate of drug-likeness (QED) is 0.0433. The summed E-state index contributed by atoms with van der Waals surface area (Å²) in [6.07, 6.45) is 1.58. The van der Waals surface area contributed by atoms with Crippen molar-refractivity contribution in [1.82, 2.24) is 44.9 Å². The van der Waals surface area contributed by atoms with Gasteiger partial charge in [-0.1, -0.05) is 48.5 Å². The molecule has 0 fully saturated rings. The van der Waals surface area contributed by atoms with Crippen LogP contribution in [0.25, 0.3) is 0 Å². The summed E-state index contributed by atoms with van der Waals surface area (Å²) in [5, 5.41) is 51.3. The van der Waals surface area contributed by atoms with Gasteiger partial charge in [-0.05, 0) is 104 Å². The maximum Gasteiger partial charge on any atom is 0.223 e. The molecule has 0 aliphatic rings. The Labute approximate surface area is 783 Å². The molecule has 46 nitrogen and oxygen atoms in total. The van der Waals surface area contributed by atoms with Crippen molar-refractivity contribution in [2.24, 2.45) is 173 Å². The fourth-order valence-corrected chi connectivity index (χ4v) is 13.7. The molecule has 0 aromatic carbocycles. The fraction of sp³-hybridized carbons (Fsp3) is 0.280. The SMILES string of the molecule is CN(C(=N)N)C(N)=NCc1cccs1.CN(C)C(N)=NC(N)=NCc1ccco1.CN(Cc1cccs1)C(=N)N(C)C(=N)N.CN(Cc1cccs1)C(=N)N=C(N)N.CN=C(N)N=C(N)N(C)Cc1cccs1.CN=C(N)NC(N)=NCc1cccs1.CN=C(N=C(N)N)N(C)Cc1cccs1.CN=C(N=C(N)N)NCc1cccs1.NC(N)=NC(N)=NCc1cccs1. The highest BCUT2D eigenvalue weighted by Gasteiger charge is 2.14. The highest BCUT2D eigenvalue weighted by molar-refractivity contribution is 7.11. The number of guanidine groups is 18. The zero-order chi connectivity index (χ0) is 96.8. The summed E-state index contributed by atoms with van der Waals surface area (Å²) in [7, 11) is 20.5. The standard InChI is InChI=1S/C9H15N5O.3C9H15N5S.4C8H13N5S.C7H11N5S/c1-14(2)9(11)13-8(10)12-6-7-4-3-5-15-7;1-12-8(10)13-9(11)14(2)6-7-4-3-5-15-7;1-13(6-7-4-3-5-15-7)9(12)14(2)8(10)11;1-12-9(13-8(10)11)14(2)6-7-4-3-5-15-7;1-11-7(9)13-8(10)12-5-6-3-2-4-14-6;1-13(8(11)12-7(9)10)5-6-3-2-4-14-6;1-13(7(9)10)8(11)12-5-6-3-2-4-14-6;1-11-8(13-7(9)10)12-5-6-3-2-4-14-6;8-6(9)12-7(10)11-4-5-2-1-3-13-5/h2*3-5H,6H2,1-2H3,(H4,10,11,12,13);3-5,12H,6H2,1-2H3,(H3,10,11);3-5H,6H2,1-2H3,(H4,10,11,12,13);2-4H,5H2,1H3,(H5,9,10,11,12,13);2-4H,5H2,1H3,(H5,9,10,11,12);2-4H,5H2,1H3,(H3,9,10)(H2,11,12);2-4H,5H2,1H3,(H5,9,10,11,12,13);1-3H,4H2,(H6,8,9,10,11,12). The number of rotatable bonds is 18. The van der Waals surface area contributed by atoms with Gasteiger partial charge in [0, 0.05) is 124 Å². The van der Waals surface area contributed by atoms with Crippen molar-refractivity contribution in [1.29, 1.82) is 21.6 Å². The van der Waals surface area contributed by atoms with Gasteiger partial charge in [-0.3, -0.25) is 56.7 Å². The molecular weight excluding hydrogens is 1800 g/mol. The van der Waals surface area contributed by atoms with Gasteiger partial charge in [0.1, 0.15) is 12.3 Å². The Bertz CT molecular complexity index is 5010. The largest absolute Gasteiger partial charge is 0.467 e. The second kappa shape index (κ2) is 65.2. The number of nitrogens with zero attached hydrogens (tertiary/aromatic N) is 21. The fourth-order valence-electron chi connectivity index (χ4n) is 8.10. The van der Waals surface area contributed by atoms with Crippen LogP contribution < -0.4 is 114 Å².